The van der Waals surface area contributed by atoms with Gasteiger partial charge in [-0.25, -0.2) is 0 Å². The van der Waals surface area contributed by atoms with Crippen LogP contribution in [0.15, 0.2) is 11.6 Å². The van der Waals surface area contributed by atoms with Crippen LogP contribution in [0.4, 0.5) is 0 Å². The second-order valence-corrected chi connectivity index (χ2v) is 9.60. The van der Waals surface area contributed by atoms with Crippen molar-refractivity contribution in [3.05, 3.63) is 11.6 Å². The quantitative estimate of drug-likeness (QED) is 0.747. The van der Waals surface area contributed by atoms with Gasteiger partial charge in [-0.05, 0) is 75.7 Å². The SMILES string of the molecule is CC(=O)[C@H]1CC=C2[C@]1(C)CC[C@@H]1[C@@]34CC[C@H](O)C[C@@H]3CC[C@@]21OC4. The van der Waals surface area contributed by atoms with Crippen LogP contribution in [0.25, 0.3) is 0 Å². The minimum Gasteiger partial charge on any atom is -0.393 e. The average Bonchev–Trinajstić information content (AvgIpc) is 3.00. The van der Waals surface area contributed by atoms with Crippen LogP contribution in [-0.4, -0.2) is 29.2 Å². The summed E-state index contributed by atoms with van der Waals surface area (Å²) in [5.41, 5.74) is 1.71. The van der Waals surface area contributed by atoms with Crippen molar-refractivity contribution in [3.63, 3.8) is 0 Å². The number of carbonyl (C=O) groups excluding carboxylic acids is 1. The van der Waals surface area contributed by atoms with E-state index in [4.69, 9.17) is 4.74 Å². The van der Waals surface area contributed by atoms with Crippen LogP contribution in [0.5, 0.6) is 0 Å². The van der Waals surface area contributed by atoms with E-state index in [1.54, 1.807) is 6.92 Å². The molecule has 0 unspecified atom stereocenters. The molecule has 0 aromatic heterocycles. The normalized spacial score (nSPS) is 55.4. The minimum absolute atomic E-state index is 0.0227. The molecule has 0 aromatic rings. The summed E-state index contributed by atoms with van der Waals surface area (Å²) in [7, 11) is 0. The lowest BCUT2D eigenvalue weighted by Crippen LogP contribution is -2.57. The summed E-state index contributed by atoms with van der Waals surface area (Å²) >= 11 is 0. The van der Waals surface area contributed by atoms with Crippen LogP contribution >= 0.6 is 0 Å². The molecule has 0 aromatic carbocycles. The van der Waals surface area contributed by atoms with Crippen LogP contribution in [0, 0.1) is 28.6 Å². The Kier molecular flexibility index (Phi) is 3.07. The molecule has 1 aliphatic heterocycles. The number of fused-ring (bicyclic) bond motifs is 1. The van der Waals surface area contributed by atoms with Gasteiger partial charge in [-0.2, -0.15) is 0 Å². The topological polar surface area (TPSA) is 46.5 Å². The van der Waals surface area contributed by atoms with E-state index in [0.717, 1.165) is 45.1 Å². The summed E-state index contributed by atoms with van der Waals surface area (Å²) in [5.74, 6) is 1.76. The summed E-state index contributed by atoms with van der Waals surface area (Å²) in [6, 6.07) is 0. The number of hydrogen-bond donors (Lipinski definition) is 1. The molecule has 5 aliphatic rings. The molecule has 3 nitrogen and oxygen atoms in total. The third kappa shape index (κ3) is 1.64. The fraction of sp³-hybridized carbons (Fsp3) is 0.857. The molecule has 0 radical (unpaired) electrons. The van der Waals surface area contributed by atoms with Crippen LogP contribution in [0.2, 0.25) is 0 Å². The minimum atomic E-state index is -0.102. The number of allylic oxidation sites excluding steroid dienone is 1. The summed E-state index contributed by atoms with van der Waals surface area (Å²) < 4.78 is 6.71. The van der Waals surface area contributed by atoms with Crippen molar-refractivity contribution < 1.29 is 14.6 Å². The molecule has 1 heterocycles. The van der Waals surface area contributed by atoms with Crippen molar-refractivity contribution in [2.24, 2.45) is 28.6 Å². The number of carbonyl (C=O) groups is 1. The lowest BCUT2D eigenvalue weighted by atomic mass is 9.45. The third-order valence-corrected chi connectivity index (χ3v) is 8.87. The average molecular weight is 330 g/mol. The predicted octanol–water partition coefficient (Wildman–Crippen LogP) is 3.65. The smallest absolute Gasteiger partial charge is 0.134 e. The molecule has 3 saturated carbocycles. The monoisotopic (exact) mass is 330 g/mol. The van der Waals surface area contributed by atoms with Crippen LogP contribution in [0.3, 0.4) is 0 Å². The molecule has 4 aliphatic carbocycles. The van der Waals surface area contributed by atoms with Gasteiger partial charge in [0.2, 0.25) is 0 Å². The van der Waals surface area contributed by atoms with Crippen molar-refractivity contribution in [2.45, 2.75) is 76.9 Å². The fourth-order valence-corrected chi connectivity index (χ4v) is 7.80. The standard InChI is InChI=1S/C21H30O3/c1-13(22)16-3-4-17-19(16,2)8-7-18-20-9-6-15(23)11-14(20)5-10-21(17,18)24-12-20/h4,14-16,18,23H,3,5-12H2,1-2H3/t14-,15-,16+,18+,19+,20+,21+/m0/s1. The summed E-state index contributed by atoms with van der Waals surface area (Å²) in [6.07, 6.45) is 10.9. The first-order chi connectivity index (χ1) is 11.4. The molecular weight excluding hydrogens is 300 g/mol. The van der Waals surface area contributed by atoms with E-state index in [2.05, 4.69) is 13.0 Å². The van der Waals surface area contributed by atoms with E-state index in [1.807, 2.05) is 0 Å². The van der Waals surface area contributed by atoms with Crippen LogP contribution < -0.4 is 0 Å². The number of Topliss-reactive ketones (excluding diaryl/α,β-unsaturated/α-hetero) is 1. The number of ketones is 1. The van der Waals surface area contributed by atoms with E-state index < -0.39 is 0 Å². The maximum atomic E-state index is 12.2. The Labute approximate surface area is 144 Å². The van der Waals surface area contributed by atoms with E-state index >= 15 is 0 Å². The lowest BCUT2D eigenvalue weighted by molar-refractivity contribution is -0.126. The Morgan fingerprint density at radius 1 is 1.25 bits per heavy atom. The Bertz CT molecular complexity index is 625. The Morgan fingerprint density at radius 3 is 2.88 bits per heavy atom. The highest BCUT2D eigenvalue weighted by Gasteiger charge is 2.70. The number of rotatable bonds is 1. The first-order valence-corrected chi connectivity index (χ1v) is 9.96. The van der Waals surface area contributed by atoms with Gasteiger partial charge in [0.05, 0.1) is 18.3 Å². The van der Waals surface area contributed by atoms with Crippen LogP contribution in [0.1, 0.15) is 65.2 Å². The van der Waals surface area contributed by atoms with Gasteiger partial charge in [0, 0.05) is 16.7 Å². The second kappa shape index (κ2) is 4.73. The Hall–Kier alpha value is -0.670. The number of aliphatic hydroxyl groups is 1. The van der Waals surface area contributed by atoms with Crippen molar-refractivity contribution in [1.29, 1.82) is 0 Å². The molecule has 2 bridgehead atoms. The van der Waals surface area contributed by atoms with E-state index in [0.29, 0.717) is 23.0 Å². The Balaban J connectivity index is 1.56. The molecule has 1 saturated heterocycles. The molecule has 0 amide bonds. The van der Waals surface area contributed by atoms with E-state index in [1.165, 1.54) is 18.4 Å². The molecule has 24 heavy (non-hydrogen) atoms. The van der Waals surface area contributed by atoms with E-state index in [9.17, 15) is 9.90 Å². The maximum absolute atomic E-state index is 12.2. The van der Waals surface area contributed by atoms with E-state index in [-0.39, 0.29) is 23.0 Å². The molecule has 7 atom stereocenters. The molecular formula is C21H30O3. The molecule has 5 rings (SSSR count). The molecule has 1 spiro atoms. The molecule has 4 fully saturated rings. The van der Waals surface area contributed by atoms with Crippen LogP contribution in [-0.2, 0) is 9.53 Å². The van der Waals surface area contributed by atoms with Gasteiger partial charge in [0.15, 0.2) is 0 Å². The molecule has 1 N–H and O–H groups in total. The maximum Gasteiger partial charge on any atom is 0.134 e. The van der Waals surface area contributed by atoms with Crippen molar-refractivity contribution >= 4 is 5.78 Å². The third-order valence-electron chi connectivity index (χ3n) is 8.87. The highest BCUT2D eigenvalue weighted by atomic mass is 16.5. The lowest BCUT2D eigenvalue weighted by Gasteiger charge is -2.58. The predicted molar refractivity (Wildman–Crippen MR) is 91.4 cm³/mol. The zero-order chi connectivity index (χ0) is 16.7. The summed E-state index contributed by atoms with van der Waals surface area (Å²) in [6.45, 7) is 4.98. The van der Waals surface area contributed by atoms with Crippen molar-refractivity contribution in [2.75, 3.05) is 6.61 Å². The zero-order valence-corrected chi connectivity index (χ0v) is 15.0. The Morgan fingerprint density at radius 2 is 2.08 bits per heavy atom. The summed E-state index contributed by atoms with van der Waals surface area (Å²) in [4.78, 5) is 12.2. The van der Waals surface area contributed by atoms with Crippen molar-refractivity contribution in [1.82, 2.24) is 0 Å². The number of hydrogen-bond acceptors (Lipinski definition) is 3. The molecule has 132 valence electrons. The van der Waals surface area contributed by atoms with Gasteiger partial charge in [0.25, 0.3) is 0 Å². The largest absolute Gasteiger partial charge is 0.393 e. The van der Waals surface area contributed by atoms with Gasteiger partial charge < -0.3 is 9.84 Å². The van der Waals surface area contributed by atoms with Gasteiger partial charge in [-0.1, -0.05) is 13.0 Å². The highest BCUT2D eigenvalue weighted by Crippen LogP contribution is 2.71. The first-order valence-electron chi connectivity index (χ1n) is 9.96. The highest BCUT2D eigenvalue weighted by molar-refractivity contribution is 5.81. The summed E-state index contributed by atoms with van der Waals surface area (Å²) in [5, 5.41) is 10.2. The first kappa shape index (κ1) is 15.6. The van der Waals surface area contributed by atoms with Gasteiger partial charge in [-0.3, -0.25) is 4.79 Å². The van der Waals surface area contributed by atoms with Gasteiger partial charge in [0.1, 0.15) is 5.78 Å². The van der Waals surface area contributed by atoms with Crippen molar-refractivity contribution in [3.8, 4) is 0 Å². The number of aliphatic hydroxyl groups excluding tert-OH is 1. The van der Waals surface area contributed by atoms with Gasteiger partial charge >= 0.3 is 0 Å². The molecule has 3 heteroatoms. The number of ether oxygens (including phenoxy) is 1. The second-order valence-electron chi connectivity index (χ2n) is 9.60. The zero-order valence-electron chi connectivity index (χ0n) is 15.0. The fourth-order valence-electron chi connectivity index (χ4n) is 7.80. The van der Waals surface area contributed by atoms with Gasteiger partial charge in [-0.15, -0.1) is 0 Å².